The van der Waals surface area contributed by atoms with E-state index in [1.165, 1.54) is 6.42 Å². The summed E-state index contributed by atoms with van der Waals surface area (Å²) in [5, 5.41) is 12.4. The first-order chi connectivity index (χ1) is 9.91. The Hall–Kier alpha value is -1.26. The molecule has 0 aromatic heterocycles. The second kappa shape index (κ2) is 6.67. The zero-order valence-electron chi connectivity index (χ0n) is 12.5. The fraction of sp³-hybridized carbons (Fsp3) is 0.562. The number of rotatable bonds is 6. The first-order valence-corrected chi connectivity index (χ1v) is 7.64. The Morgan fingerprint density at radius 2 is 2.19 bits per heavy atom. The molecule has 1 aliphatic carbocycles. The highest BCUT2D eigenvalue weighted by Gasteiger charge is 2.21. The Morgan fingerprint density at radius 1 is 1.48 bits per heavy atom. The molecule has 0 heterocycles. The van der Waals surface area contributed by atoms with Crippen LogP contribution in [-0.2, 0) is 0 Å². The van der Waals surface area contributed by atoms with Crippen LogP contribution in [0, 0.1) is 5.41 Å². The minimum absolute atomic E-state index is 0.00911. The fourth-order valence-electron chi connectivity index (χ4n) is 1.91. The summed E-state index contributed by atoms with van der Waals surface area (Å²) in [7, 11) is 0. The van der Waals surface area contributed by atoms with Crippen LogP contribution in [0.15, 0.2) is 18.2 Å². The van der Waals surface area contributed by atoms with Crippen LogP contribution in [-0.4, -0.2) is 30.3 Å². The van der Waals surface area contributed by atoms with E-state index in [0.717, 1.165) is 12.8 Å². The molecular weight excluding hydrogens is 290 g/mol. The van der Waals surface area contributed by atoms with E-state index in [0.29, 0.717) is 22.9 Å². The predicted molar refractivity (Wildman–Crippen MR) is 82.9 cm³/mol. The largest absolute Gasteiger partial charge is 0.490 e. The summed E-state index contributed by atoms with van der Waals surface area (Å²) in [5.74, 6) is 0.466. The van der Waals surface area contributed by atoms with Gasteiger partial charge in [0.15, 0.2) is 0 Å². The standard InChI is InChI=1S/C16H22ClNO3/c1-16(2,10-19)9-18-15(20)13-7-6-12(8-14(13)17)21-11-4-3-5-11/h6-8,11,19H,3-5,9-10H2,1-2H3,(H,18,20). The SMILES string of the molecule is CC(C)(CO)CNC(=O)c1ccc(OC2CCC2)cc1Cl. The molecule has 1 aromatic carbocycles. The van der Waals surface area contributed by atoms with E-state index in [1.807, 2.05) is 13.8 Å². The Kier molecular flexibility index (Phi) is 5.12. The monoisotopic (exact) mass is 311 g/mol. The molecule has 1 saturated carbocycles. The first kappa shape index (κ1) is 16.1. The lowest BCUT2D eigenvalue weighted by atomic mass is 9.95. The zero-order valence-corrected chi connectivity index (χ0v) is 13.2. The first-order valence-electron chi connectivity index (χ1n) is 7.26. The van der Waals surface area contributed by atoms with Crippen molar-refractivity contribution in [1.29, 1.82) is 0 Å². The lowest BCUT2D eigenvalue weighted by Crippen LogP contribution is -2.36. The van der Waals surface area contributed by atoms with Gasteiger partial charge in [-0.2, -0.15) is 0 Å². The molecular formula is C16H22ClNO3. The van der Waals surface area contributed by atoms with Gasteiger partial charge >= 0.3 is 0 Å². The summed E-state index contributed by atoms with van der Waals surface area (Å²) >= 11 is 6.16. The molecule has 1 aromatic rings. The molecule has 0 unspecified atom stereocenters. The van der Waals surface area contributed by atoms with Crippen LogP contribution in [0.3, 0.4) is 0 Å². The van der Waals surface area contributed by atoms with Crippen LogP contribution in [0.1, 0.15) is 43.5 Å². The quantitative estimate of drug-likeness (QED) is 0.849. The molecule has 5 heteroatoms. The number of benzene rings is 1. The average molecular weight is 312 g/mol. The van der Waals surface area contributed by atoms with Crippen LogP contribution in [0.25, 0.3) is 0 Å². The van der Waals surface area contributed by atoms with Crippen LogP contribution in [0.5, 0.6) is 5.75 Å². The Labute approximate surface area is 130 Å². The van der Waals surface area contributed by atoms with Crippen molar-refractivity contribution >= 4 is 17.5 Å². The molecule has 0 atom stereocenters. The summed E-state index contributed by atoms with van der Waals surface area (Å²) in [6.45, 7) is 4.16. The van der Waals surface area contributed by atoms with Crippen molar-refractivity contribution in [1.82, 2.24) is 5.32 Å². The van der Waals surface area contributed by atoms with Gasteiger partial charge in [-0.15, -0.1) is 0 Å². The molecule has 4 nitrogen and oxygen atoms in total. The van der Waals surface area contributed by atoms with Gasteiger partial charge in [-0.3, -0.25) is 4.79 Å². The Morgan fingerprint density at radius 3 is 2.71 bits per heavy atom. The third-order valence-corrected chi connectivity index (χ3v) is 4.01. The molecule has 116 valence electrons. The highest BCUT2D eigenvalue weighted by Crippen LogP contribution is 2.28. The molecule has 2 N–H and O–H groups in total. The zero-order chi connectivity index (χ0) is 15.5. The number of carbonyl (C=O) groups is 1. The summed E-state index contributed by atoms with van der Waals surface area (Å²) in [6, 6.07) is 5.14. The fourth-order valence-corrected chi connectivity index (χ4v) is 2.16. The maximum atomic E-state index is 12.1. The van der Waals surface area contributed by atoms with Gasteiger partial charge in [0.05, 0.1) is 16.7 Å². The number of aliphatic hydroxyl groups is 1. The van der Waals surface area contributed by atoms with Crippen molar-refractivity contribution in [3.8, 4) is 5.75 Å². The number of nitrogens with one attached hydrogen (secondary N) is 1. The van der Waals surface area contributed by atoms with Crippen molar-refractivity contribution in [2.45, 2.75) is 39.2 Å². The predicted octanol–water partition coefficient (Wildman–Crippen LogP) is 3.02. The smallest absolute Gasteiger partial charge is 0.252 e. The number of hydrogen-bond acceptors (Lipinski definition) is 3. The molecule has 0 bridgehead atoms. The number of ether oxygens (including phenoxy) is 1. The average Bonchev–Trinajstić information content (AvgIpc) is 2.40. The van der Waals surface area contributed by atoms with Gasteiger partial charge in [-0.1, -0.05) is 25.4 Å². The topological polar surface area (TPSA) is 58.6 Å². The van der Waals surface area contributed by atoms with Crippen molar-refractivity contribution < 1.29 is 14.6 Å². The second-order valence-corrected chi connectivity index (χ2v) is 6.72. The number of hydrogen-bond donors (Lipinski definition) is 2. The van der Waals surface area contributed by atoms with Crippen LogP contribution < -0.4 is 10.1 Å². The molecule has 0 aliphatic heterocycles. The number of amides is 1. The normalized spacial score (nSPS) is 15.4. The van der Waals surface area contributed by atoms with E-state index in [2.05, 4.69) is 5.32 Å². The summed E-state index contributed by atoms with van der Waals surface area (Å²) in [5.41, 5.74) is 0.0708. The van der Waals surface area contributed by atoms with Gasteiger partial charge in [0, 0.05) is 18.6 Å². The molecule has 1 fully saturated rings. The summed E-state index contributed by atoms with van der Waals surface area (Å²) in [4.78, 5) is 12.1. The number of carbonyl (C=O) groups excluding carboxylic acids is 1. The molecule has 1 aliphatic rings. The summed E-state index contributed by atoms with van der Waals surface area (Å²) < 4.78 is 5.75. The third-order valence-electron chi connectivity index (χ3n) is 3.70. The van der Waals surface area contributed by atoms with E-state index in [4.69, 9.17) is 16.3 Å². The van der Waals surface area contributed by atoms with Crippen molar-refractivity contribution in [2.75, 3.05) is 13.2 Å². The van der Waals surface area contributed by atoms with Gasteiger partial charge in [-0.25, -0.2) is 0 Å². The van der Waals surface area contributed by atoms with Crippen LogP contribution >= 0.6 is 11.6 Å². The van der Waals surface area contributed by atoms with E-state index in [1.54, 1.807) is 18.2 Å². The Balaban J connectivity index is 1.97. The molecule has 2 rings (SSSR count). The van der Waals surface area contributed by atoms with E-state index in [9.17, 15) is 9.90 Å². The third kappa shape index (κ3) is 4.35. The van der Waals surface area contributed by atoms with Gasteiger partial charge in [-0.05, 0) is 37.5 Å². The highest BCUT2D eigenvalue weighted by molar-refractivity contribution is 6.34. The van der Waals surface area contributed by atoms with Gasteiger partial charge in [0.25, 0.3) is 5.91 Å². The number of halogens is 1. The molecule has 1 amide bonds. The van der Waals surface area contributed by atoms with Crippen molar-refractivity contribution in [2.24, 2.45) is 5.41 Å². The minimum Gasteiger partial charge on any atom is -0.490 e. The van der Waals surface area contributed by atoms with Gasteiger partial charge < -0.3 is 15.2 Å². The number of aliphatic hydroxyl groups excluding tert-OH is 1. The van der Waals surface area contributed by atoms with Crippen molar-refractivity contribution in [3.05, 3.63) is 28.8 Å². The molecule has 0 spiro atoms. The lowest BCUT2D eigenvalue weighted by Gasteiger charge is -2.26. The van der Waals surface area contributed by atoms with E-state index >= 15 is 0 Å². The minimum atomic E-state index is -0.352. The maximum Gasteiger partial charge on any atom is 0.252 e. The maximum absolute atomic E-state index is 12.1. The highest BCUT2D eigenvalue weighted by atomic mass is 35.5. The van der Waals surface area contributed by atoms with Crippen molar-refractivity contribution in [3.63, 3.8) is 0 Å². The lowest BCUT2D eigenvalue weighted by molar-refractivity contribution is 0.0911. The molecule has 0 saturated heterocycles. The summed E-state index contributed by atoms with van der Waals surface area (Å²) in [6.07, 6.45) is 3.65. The molecule has 21 heavy (non-hydrogen) atoms. The van der Waals surface area contributed by atoms with Gasteiger partial charge in [0.1, 0.15) is 5.75 Å². The van der Waals surface area contributed by atoms with E-state index < -0.39 is 0 Å². The Bertz CT molecular complexity index is 512. The van der Waals surface area contributed by atoms with E-state index in [-0.39, 0.29) is 24.0 Å². The van der Waals surface area contributed by atoms with Crippen LogP contribution in [0.4, 0.5) is 0 Å². The molecule has 0 radical (unpaired) electrons. The second-order valence-electron chi connectivity index (χ2n) is 6.32. The van der Waals surface area contributed by atoms with Crippen LogP contribution in [0.2, 0.25) is 5.02 Å². The van der Waals surface area contributed by atoms with Gasteiger partial charge in [0.2, 0.25) is 0 Å².